The van der Waals surface area contributed by atoms with Gasteiger partial charge in [0.15, 0.2) is 0 Å². The Balaban J connectivity index is 1.75. The largest absolute Gasteiger partial charge is 0.376 e. The molecular weight excluding hydrogens is 357 g/mol. The van der Waals surface area contributed by atoms with E-state index in [0.29, 0.717) is 43.4 Å². The standard InChI is InChI=1S/C19H27ClFN3O2/c1-13-12-24(8-9-26-13)17(18-15(20)5-2-6-16(18)21)11-23-19(25)14-4-3-7-22-10-14/h2,5-6,13-14,17,22H,3-4,7-12H2,1H3,(H,23,25). The zero-order valence-corrected chi connectivity index (χ0v) is 15.9. The first-order chi connectivity index (χ1) is 12.6. The van der Waals surface area contributed by atoms with Gasteiger partial charge in [-0.05, 0) is 38.4 Å². The molecule has 0 aliphatic carbocycles. The number of hydrogen-bond acceptors (Lipinski definition) is 4. The smallest absolute Gasteiger partial charge is 0.224 e. The number of carbonyl (C=O) groups is 1. The number of ether oxygens (including phenoxy) is 1. The fourth-order valence-electron chi connectivity index (χ4n) is 3.79. The number of piperidine rings is 1. The van der Waals surface area contributed by atoms with Gasteiger partial charge < -0.3 is 15.4 Å². The zero-order chi connectivity index (χ0) is 18.5. The maximum Gasteiger partial charge on any atom is 0.224 e. The van der Waals surface area contributed by atoms with Crippen LogP contribution in [-0.2, 0) is 9.53 Å². The van der Waals surface area contributed by atoms with Gasteiger partial charge in [0.25, 0.3) is 0 Å². The van der Waals surface area contributed by atoms with Crippen LogP contribution >= 0.6 is 11.6 Å². The van der Waals surface area contributed by atoms with Gasteiger partial charge in [0.2, 0.25) is 5.91 Å². The van der Waals surface area contributed by atoms with Gasteiger partial charge in [0, 0.05) is 36.8 Å². The molecule has 0 radical (unpaired) electrons. The van der Waals surface area contributed by atoms with Crippen molar-refractivity contribution < 1.29 is 13.9 Å². The molecule has 2 heterocycles. The Labute approximate surface area is 159 Å². The predicted molar refractivity (Wildman–Crippen MR) is 99.7 cm³/mol. The molecule has 2 aliphatic heterocycles. The van der Waals surface area contributed by atoms with Crippen LogP contribution in [0.1, 0.15) is 31.4 Å². The van der Waals surface area contributed by atoms with Crippen molar-refractivity contribution in [3.8, 4) is 0 Å². The van der Waals surface area contributed by atoms with Crippen molar-refractivity contribution in [2.45, 2.75) is 31.9 Å². The average molecular weight is 384 g/mol. The summed E-state index contributed by atoms with van der Waals surface area (Å²) in [5, 5.41) is 6.68. The maximum absolute atomic E-state index is 14.6. The van der Waals surface area contributed by atoms with Crippen molar-refractivity contribution in [2.24, 2.45) is 5.92 Å². The summed E-state index contributed by atoms with van der Waals surface area (Å²) in [6.45, 7) is 5.94. The van der Waals surface area contributed by atoms with Gasteiger partial charge in [-0.1, -0.05) is 17.7 Å². The van der Waals surface area contributed by atoms with Crippen molar-refractivity contribution in [3.63, 3.8) is 0 Å². The molecule has 0 aromatic heterocycles. The van der Waals surface area contributed by atoms with Gasteiger partial charge in [-0.25, -0.2) is 4.39 Å². The van der Waals surface area contributed by atoms with Gasteiger partial charge in [0.1, 0.15) is 5.82 Å². The van der Waals surface area contributed by atoms with Crippen LogP contribution in [-0.4, -0.2) is 56.2 Å². The van der Waals surface area contributed by atoms with Gasteiger partial charge in [0.05, 0.1) is 24.7 Å². The van der Waals surface area contributed by atoms with E-state index in [1.54, 1.807) is 12.1 Å². The summed E-state index contributed by atoms with van der Waals surface area (Å²) in [5.41, 5.74) is 0.449. The lowest BCUT2D eigenvalue weighted by Crippen LogP contribution is -2.48. The summed E-state index contributed by atoms with van der Waals surface area (Å²) >= 11 is 6.32. The molecule has 1 aromatic carbocycles. The number of amides is 1. The number of rotatable bonds is 5. The minimum atomic E-state index is -0.338. The fourth-order valence-corrected chi connectivity index (χ4v) is 4.08. The molecule has 0 spiro atoms. The molecule has 3 unspecified atom stereocenters. The summed E-state index contributed by atoms with van der Waals surface area (Å²) in [7, 11) is 0. The first-order valence-corrected chi connectivity index (χ1v) is 9.72. The SMILES string of the molecule is CC1CN(C(CNC(=O)C2CCCNC2)c2c(F)cccc2Cl)CCO1. The number of halogens is 2. The Morgan fingerprint density at radius 3 is 3.08 bits per heavy atom. The third kappa shape index (κ3) is 4.74. The molecule has 0 bridgehead atoms. The highest BCUT2D eigenvalue weighted by Crippen LogP contribution is 2.31. The highest BCUT2D eigenvalue weighted by Gasteiger charge is 2.30. The van der Waals surface area contributed by atoms with Crippen LogP contribution in [0.4, 0.5) is 4.39 Å². The van der Waals surface area contributed by atoms with E-state index in [0.717, 1.165) is 19.4 Å². The molecule has 2 fully saturated rings. The zero-order valence-electron chi connectivity index (χ0n) is 15.1. The lowest BCUT2D eigenvalue weighted by atomic mass is 9.98. The van der Waals surface area contributed by atoms with Crippen LogP contribution in [0.15, 0.2) is 18.2 Å². The van der Waals surface area contributed by atoms with Crippen molar-refractivity contribution in [2.75, 3.05) is 39.3 Å². The molecule has 1 amide bonds. The van der Waals surface area contributed by atoms with Crippen molar-refractivity contribution >= 4 is 17.5 Å². The minimum Gasteiger partial charge on any atom is -0.376 e. The number of carbonyl (C=O) groups excluding carboxylic acids is 1. The fraction of sp³-hybridized carbons (Fsp3) is 0.632. The van der Waals surface area contributed by atoms with E-state index in [-0.39, 0.29) is 29.8 Å². The van der Waals surface area contributed by atoms with Crippen LogP contribution in [0.2, 0.25) is 5.02 Å². The molecule has 26 heavy (non-hydrogen) atoms. The number of nitrogens with zero attached hydrogens (tertiary/aromatic N) is 1. The molecule has 7 heteroatoms. The number of nitrogens with one attached hydrogen (secondary N) is 2. The highest BCUT2D eigenvalue weighted by atomic mass is 35.5. The molecule has 2 N–H and O–H groups in total. The maximum atomic E-state index is 14.6. The number of hydrogen-bond donors (Lipinski definition) is 2. The van der Waals surface area contributed by atoms with E-state index >= 15 is 0 Å². The topological polar surface area (TPSA) is 53.6 Å². The monoisotopic (exact) mass is 383 g/mol. The third-order valence-electron chi connectivity index (χ3n) is 5.18. The molecule has 3 rings (SSSR count). The lowest BCUT2D eigenvalue weighted by Gasteiger charge is -2.38. The minimum absolute atomic E-state index is 0.0240. The van der Waals surface area contributed by atoms with Gasteiger partial charge in [-0.15, -0.1) is 0 Å². The van der Waals surface area contributed by atoms with E-state index < -0.39 is 0 Å². The van der Waals surface area contributed by atoms with Gasteiger partial charge in [-0.2, -0.15) is 0 Å². The number of benzene rings is 1. The van der Waals surface area contributed by atoms with Crippen LogP contribution in [0, 0.1) is 11.7 Å². The molecule has 3 atom stereocenters. The molecule has 0 saturated carbocycles. The summed E-state index contributed by atoms with van der Waals surface area (Å²) in [5.74, 6) is -0.338. The second-order valence-electron chi connectivity index (χ2n) is 7.12. The van der Waals surface area contributed by atoms with Crippen LogP contribution in [0.3, 0.4) is 0 Å². The second kappa shape index (κ2) is 9.13. The molecule has 2 saturated heterocycles. The molecule has 1 aromatic rings. The normalized spacial score (nSPS) is 25.7. The molecule has 5 nitrogen and oxygen atoms in total. The van der Waals surface area contributed by atoms with Crippen LogP contribution in [0.25, 0.3) is 0 Å². The Kier molecular flexibility index (Phi) is 6.86. The Morgan fingerprint density at radius 2 is 2.38 bits per heavy atom. The predicted octanol–water partition coefficient (Wildman–Crippen LogP) is 2.36. The average Bonchev–Trinajstić information content (AvgIpc) is 2.64. The van der Waals surface area contributed by atoms with Gasteiger partial charge in [-0.3, -0.25) is 9.69 Å². The second-order valence-corrected chi connectivity index (χ2v) is 7.52. The van der Waals surface area contributed by atoms with E-state index in [9.17, 15) is 9.18 Å². The van der Waals surface area contributed by atoms with E-state index in [1.165, 1.54) is 6.07 Å². The van der Waals surface area contributed by atoms with E-state index in [4.69, 9.17) is 16.3 Å². The highest BCUT2D eigenvalue weighted by molar-refractivity contribution is 6.31. The molecule has 2 aliphatic rings. The Hall–Kier alpha value is -1.21. The first kappa shape index (κ1) is 19.5. The van der Waals surface area contributed by atoms with Crippen molar-refractivity contribution in [1.29, 1.82) is 0 Å². The Morgan fingerprint density at radius 1 is 1.54 bits per heavy atom. The summed E-state index contributed by atoms with van der Waals surface area (Å²) in [6.07, 6.45) is 1.95. The lowest BCUT2D eigenvalue weighted by molar-refractivity contribution is -0.125. The van der Waals surface area contributed by atoms with E-state index in [1.807, 2.05) is 6.92 Å². The third-order valence-corrected chi connectivity index (χ3v) is 5.51. The quantitative estimate of drug-likeness (QED) is 0.819. The summed E-state index contributed by atoms with van der Waals surface area (Å²) < 4.78 is 20.2. The van der Waals surface area contributed by atoms with Gasteiger partial charge >= 0.3 is 0 Å². The summed E-state index contributed by atoms with van der Waals surface area (Å²) in [4.78, 5) is 14.7. The van der Waals surface area contributed by atoms with Crippen LogP contribution in [0.5, 0.6) is 0 Å². The molecular formula is C19H27ClFN3O2. The van der Waals surface area contributed by atoms with Crippen LogP contribution < -0.4 is 10.6 Å². The summed E-state index contributed by atoms with van der Waals surface area (Å²) in [6, 6.07) is 4.41. The molecule has 144 valence electrons. The van der Waals surface area contributed by atoms with Crippen molar-refractivity contribution in [3.05, 3.63) is 34.6 Å². The first-order valence-electron chi connectivity index (χ1n) is 9.34. The van der Waals surface area contributed by atoms with E-state index in [2.05, 4.69) is 15.5 Å². The Bertz CT molecular complexity index is 605. The number of morpholine rings is 1. The van der Waals surface area contributed by atoms with Crippen molar-refractivity contribution in [1.82, 2.24) is 15.5 Å².